The largest absolute Gasteiger partial charge is 0.354 e. The van der Waals surface area contributed by atoms with Crippen molar-refractivity contribution < 1.29 is 9.47 Å². The van der Waals surface area contributed by atoms with Crippen LogP contribution in [-0.2, 0) is 9.47 Å². The molecule has 0 bridgehead atoms. The second-order valence-electron chi connectivity index (χ2n) is 4.98. The average molecular weight is 260 g/mol. The molecule has 0 saturated carbocycles. The van der Waals surface area contributed by atoms with Gasteiger partial charge in [-0.25, -0.2) is 9.97 Å². The Hall–Kier alpha value is -1.71. The van der Waals surface area contributed by atoms with E-state index >= 15 is 0 Å². The fourth-order valence-corrected chi connectivity index (χ4v) is 2.67. The predicted molar refractivity (Wildman–Crippen MR) is 67.4 cm³/mol. The third kappa shape index (κ3) is 2.27. The Bertz CT molecular complexity index is 506. The van der Waals surface area contributed by atoms with E-state index in [1.807, 2.05) is 6.92 Å². The smallest absolute Gasteiger partial charge is 0.183 e. The Morgan fingerprint density at radius 2 is 2.11 bits per heavy atom. The lowest BCUT2D eigenvalue weighted by atomic mass is 10.0. The zero-order chi connectivity index (χ0) is 13.3. The summed E-state index contributed by atoms with van der Waals surface area (Å²) in [6.07, 6.45) is 4.90. The SMILES string of the molecule is C[C@@H]1COC2(CCN(c3nccnc3C#N)CC2)O1. The van der Waals surface area contributed by atoms with Crippen molar-refractivity contribution in [2.45, 2.75) is 31.7 Å². The highest BCUT2D eigenvalue weighted by atomic mass is 16.7. The molecule has 0 unspecified atom stereocenters. The van der Waals surface area contributed by atoms with Crippen LogP contribution in [0, 0.1) is 11.3 Å². The minimum atomic E-state index is -0.426. The summed E-state index contributed by atoms with van der Waals surface area (Å²) in [6, 6.07) is 2.08. The Kier molecular flexibility index (Phi) is 3.09. The molecular weight excluding hydrogens is 244 g/mol. The first-order chi connectivity index (χ1) is 9.22. The van der Waals surface area contributed by atoms with Crippen molar-refractivity contribution in [2.75, 3.05) is 24.6 Å². The second-order valence-corrected chi connectivity index (χ2v) is 4.98. The van der Waals surface area contributed by atoms with E-state index in [2.05, 4.69) is 20.9 Å². The molecule has 6 nitrogen and oxygen atoms in total. The molecule has 0 radical (unpaired) electrons. The van der Waals surface area contributed by atoms with Crippen LogP contribution in [0.25, 0.3) is 0 Å². The molecule has 0 N–H and O–H groups in total. The van der Waals surface area contributed by atoms with Crippen LogP contribution in [0.3, 0.4) is 0 Å². The van der Waals surface area contributed by atoms with Crippen LogP contribution in [0.4, 0.5) is 5.82 Å². The molecule has 1 spiro atoms. The Labute approximate surface area is 112 Å². The summed E-state index contributed by atoms with van der Waals surface area (Å²) in [7, 11) is 0. The van der Waals surface area contributed by atoms with Crippen LogP contribution in [0.15, 0.2) is 12.4 Å². The van der Waals surface area contributed by atoms with Gasteiger partial charge in [-0.15, -0.1) is 0 Å². The first-order valence-electron chi connectivity index (χ1n) is 6.50. The van der Waals surface area contributed by atoms with Gasteiger partial charge in [-0.1, -0.05) is 0 Å². The highest BCUT2D eigenvalue weighted by molar-refractivity contribution is 5.49. The molecule has 100 valence electrons. The average Bonchev–Trinajstić information content (AvgIpc) is 2.81. The van der Waals surface area contributed by atoms with Crippen LogP contribution in [0.5, 0.6) is 0 Å². The van der Waals surface area contributed by atoms with Gasteiger partial charge in [0, 0.05) is 38.3 Å². The molecule has 1 atom stereocenters. The molecule has 2 aliphatic heterocycles. The third-order valence-corrected chi connectivity index (χ3v) is 3.61. The molecular formula is C13H16N4O2. The summed E-state index contributed by atoms with van der Waals surface area (Å²) in [4.78, 5) is 10.4. The van der Waals surface area contributed by atoms with E-state index < -0.39 is 5.79 Å². The van der Waals surface area contributed by atoms with E-state index in [0.29, 0.717) is 18.1 Å². The van der Waals surface area contributed by atoms with Crippen LogP contribution in [0.1, 0.15) is 25.5 Å². The highest BCUT2D eigenvalue weighted by Gasteiger charge is 2.43. The van der Waals surface area contributed by atoms with Gasteiger partial charge >= 0.3 is 0 Å². The van der Waals surface area contributed by atoms with E-state index in [0.717, 1.165) is 25.9 Å². The quantitative estimate of drug-likeness (QED) is 0.752. The molecule has 0 aromatic carbocycles. The Morgan fingerprint density at radius 1 is 1.37 bits per heavy atom. The fourth-order valence-electron chi connectivity index (χ4n) is 2.67. The monoisotopic (exact) mass is 260 g/mol. The summed E-state index contributed by atoms with van der Waals surface area (Å²) >= 11 is 0. The molecule has 0 amide bonds. The van der Waals surface area contributed by atoms with Crippen LogP contribution < -0.4 is 4.90 Å². The minimum absolute atomic E-state index is 0.165. The number of rotatable bonds is 1. The number of anilines is 1. The van der Waals surface area contributed by atoms with Gasteiger partial charge in [-0.3, -0.25) is 0 Å². The standard InChI is InChI=1S/C13H16N4O2/c1-10-9-18-13(19-10)2-6-17(7-3-13)12-11(8-14)15-4-5-16-12/h4-5,10H,2-3,6-7,9H2,1H3/t10-/m1/s1. The van der Waals surface area contributed by atoms with Gasteiger partial charge in [0.1, 0.15) is 6.07 Å². The number of nitrogens with zero attached hydrogens (tertiary/aromatic N) is 4. The van der Waals surface area contributed by atoms with Gasteiger partial charge in [0.15, 0.2) is 17.3 Å². The van der Waals surface area contributed by atoms with Gasteiger partial charge < -0.3 is 14.4 Å². The second kappa shape index (κ2) is 4.76. The maximum Gasteiger partial charge on any atom is 0.183 e. The molecule has 2 aliphatic rings. The Morgan fingerprint density at radius 3 is 2.74 bits per heavy atom. The first-order valence-corrected chi connectivity index (χ1v) is 6.50. The van der Waals surface area contributed by atoms with Crippen molar-refractivity contribution in [2.24, 2.45) is 0 Å². The fraction of sp³-hybridized carbons (Fsp3) is 0.615. The topological polar surface area (TPSA) is 71.3 Å². The molecule has 1 aromatic heterocycles. The van der Waals surface area contributed by atoms with Gasteiger partial charge in [-0.2, -0.15) is 5.26 Å². The minimum Gasteiger partial charge on any atom is -0.354 e. The number of piperidine rings is 1. The number of nitriles is 1. The maximum atomic E-state index is 9.06. The van der Waals surface area contributed by atoms with Gasteiger partial charge in [-0.05, 0) is 6.92 Å². The lowest BCUT2D eigenvalue weighted by Crippen LogP contribution is -2.46. The molecule has 3 rings (SSSR count). The lowest BCUT2D eigenvalue weighted by Gasteiger charge is -2.38. The van der Waals surface area contributed by atoms with Crippen molar-refractivity contribution in [1.29, 1.82) is 5.26 Å². The molecule has 2 saturated heterocycles. The highest BCUT2D eigenvalue weighted by Crippen LogP contribution is 2.35. The van der Waals surface area contributed by atoms with Gasteiger partial charge in [0.05, 0.1) is 12.7 Å². The zero-order valence-electron chi connectivity index (χ0n) is 10.9. The van der Waals surface area contributed by atoms with E-state index in [1.165, 1.54) is 0 Å². The zero-order valence-corrected chi connectivity index (χ0v) is 10.9. The molecule has 3 heterocycles. The van der Waals surface area contributed by atoms with Crippen molar-refractivity contribution in [3.63, 3.8) is 0 Å². The van der Waals surface area contributed by atoms with Crippen molar-refractivity contribution in [1.82, 2.24) is 9.97 Å². The maximum absolute atomic E-state index is 9.06. The summed E-state index contributed by atoms with van der Waals surface area (Å²) in [5, 5.41) is 9.06. The van der Waals surface area contributed by atoms with Gasteiger partial charge in [0.25, 0.3) is 0 Å². The van der Waals surface area contributed by atoms with E-state index in [9.17, 15) is 0 Å². The number of hydrogen-bond acceptors (Lipinski definition) is 6. The first kappa shape index (κ1) is 12.3. The number of hydrogen-bond donors (Lipinski definition) is 0. The third-order valence-electron chi connectivity index (χ3n) is 3.61. The number of ether oxygens (including phenoxy) is 2. The molecule has 6 heteroatoms. The van der Waals surface area contributed by atoms with Crippen molar-refractivity contribution >= 4 is 5.82 Å². The predicted octanol–water partition coefficient (Wildman–Crippen LogP) is 1.08. The van der Waals surface area contributed by atoms with Gasteiger partial charge in [0.2, 0.25) is 0 Å². The Balaban J connectivity index is 1.72. The van der Waals surface area contributed by atoms with E-state index in [1.54, 1.807) is 12.4 Å². The molecule has 1 aromatic rings. The molecule has 2 fully saturated rings. The lowest BCUT2D eigenvalue weighted by molar-refractivity contribution is -0.178. The van der Waals surface area contributed by atoms with Crippen LogP contribution >= 0.6 is 0 Å². The van der Waals surface area contributed by atoms with E-state index in [-0.39, 0.29) is 6.10 Å². The summed E-state index contributed by atoms with van der Waals surface area (Å²) < 4.78 is 11.7. The van der Waals surface area contributed by atoms with Crippen LogP contribution in [-0.4, -0.2) is 41.6 Å². The normalized spacial score (nSPS) is 25.5. The molecule has 19 heavy (non-hydrogen) atoms. The van der Waals surface area contributed by atoms with Crippen LogP contribution in [0.2, 0.25) is 0 Å². The number of aromatic nitrogens is 2. The summed E-state index contributed by atoms with van der Waals surface area (Å²) in [5.41, 5.74) is 0.375. The summed E-state index contributed by atoms with van der Waals surface area (Å²) in [5.74, 6) is 0.233. The summed E-state index contributed by atoms with van der Waals surface area (Å²) in [6.45, 7) is 4.21. The van der Waals surface area contributed by atoms with E-state index in [4.69, 9.17) is 14.7 Å². The van der Waals surface area contributed by atoms with Crippen molar-refractivity contribution in [3.05, 3.63) is 18.1 Å². The van der Waals surface area contributed by atoms with Crippen molar-refractivity contribution in [3.8, 4) is 6.07 Å². The molecule has 0 aliphatic carbocycles.